The van der Waals surface area contributed by atoms with E-state index in [0.29, 0.717) is 17.7 Å². The van der Waals surface area contributed by atoms with Gasteiger partial charge in [0.05, 0.1) is 0 Å². The molecule has 0 spiro atoms. The smallest absolute Gasteiger partial charge is 0.253 e. The fourth-order valence-electron chi connectivity index (χ4n) is 3.81. The number of H-pyrrole nitrogens is 1. The number of benzene rings is 2. The minimum Gasteiger partial charge on any atom is -0.361 e. The number of aryl methyl sites for hydroxylation is 1. The Balaban J connectivity index is 1.43. The number of hydrogen-bond donors (Lipinski definition) is 1. The summed E-state index contributed by atoms with van der Waals surface area (Å²) in [6.07, 6.45) is 2.91. The molecule has 1 aliphatic rings. The number of rotatable bonds is 3. The molecule has 1 saturated heterocycles. The summed E-state index contributed by atoms with van der Waals surface area (Å²) in [6, 6.07) is 13.1. The highest BCUT2D eigenvalue weighted by Gasteiger charge is 2.21. The Morgan fingerprint density at radius 3 is 2.85 bits per heavy atom. The second-order valence-electron chi connectivity index (χ2n) is 7.24. The number of nitrogens with zero attached hydrogens (tertiary/aromatic N) is 2. The fraction of sp³-hybridized carbons (Fsp3) is 0.318. The lowest BCUT2D eigenvalue weighted by Gasteiger charge is -2.22. The summed E-state index contributed by atoms with van der Waals surface area (Å²) >= 11 is 0. The zero-order valence-corrected chi connectivity index (χ0v) is 15.5. The summed E-state index contributed by atoms with van der Waals surface area (Å²) in [5, 5.41) is 1.23. The zero-order valence-electron chi connectivity index (χ0n) is 15.5. The molecular weight excluding hydrogens is 341 g/mol. The molecule has 0 atom stereocenters. The lowest BCUT2D eigenvalue weighted by molar-refractivity contribution is 0.0761. The number of aromatic amines is 1. The van der Waals surface area contributed by atoms with Crippen molar-refractivity contribution >= 4 is 16.8 Å². The van der Waals surface area contributed by atoms with E-state index in [1.165, 1.54) is 22.5 Å². The Morgan fingerprint density at radius 2 is 2.00 bits per heavy atom. The monoisotopic (exact) mass is 365 g/mol. The van der Waals surface area contributed by atoms with Crippen molar-refractivity contribution in [1.82, 2.24) is 14.8 Å². The van der Waals surface area contributed by atoms with Crippen LogP contribution in [0.2, 0.25) is 0 Å². The van der Waals surface area contributed by atoms with Crippen molar-refractivity contribution < 1.29 is 9.18 Å². The van der Waals surface area contributed by atoms with Gasteiger partial charge < -0.3 is 9.88 Å². The summed E-state index contributed by atoms with van der Waals surface area (Å²) < 4.78 is 13.5. The van der Waals surface area contributed by atoms with Crippen molar-refractivity contribution in [3.05, 3.63) is 71.2 Å². The largest absolute Gasteiger partial charge is 0.361 e. The van der Waals surface area contributed by atoms with Gasteiger partial charge in [-0.15, -0.1) is 0 Å². The molecule has 4 rings (SSSR count). The lowest BCUT2D eigenvalue weighted by Crippen LogP contribution is -2.35. The number of carbonyl (C=O) groups excluding carboxylic acids is 1. The molecule has 5 heteroatoms. The Hall–Kier alpha value is -2.66. The van der Waals surface area contributed by atoms with E-state index >= 15 is 0 Å². The zero-order chi connectivity index (χ0) is 18.8. The van der Waals surface area contributed by atoms with Gasteiger partial charge >= 0.3 is 0 Å². The third-order valence-electron chi connectivity index (χ3n) is 5.35. The maximum absolute atomic E-state index is 13.5. The second-order valence-corrected chi connectivity index (χ2v) is 7.24. The number of para-hydroxylation sites is 1. The van der Waals surface area contributed by atoms with Crippen LogP contribution in [0.3, 0.4) is 0 Å². The molecule has 1 N–H and O–H groups in total. The molecule has 0 unspecified atom stereocenters. The van der Waals surface area contributed by atoms with Gasteiger partial charge in [-0.05, 0) is 54.1 Å². The molecule has 1 aromatic heterocycles. The first kappa shape index (κ1) is 17.7. The van der Waals surface area contributed by atoms with Crippen LogP contribution in [-0.4, -0.2) is 46.9 Å². The maximum Gasteiger partial charge on any atom is 0.253 e. The van der Waals surface area contributed by atoms with Gasteiger partial charge in [-0.25, -0.2) is 4.39 Å². The molecule has 140 valence electrons. The molecule has 0 saturated carbocycles. The normalized spacial score (nSPS) is 15.9. The predicted octanol–water partition coefficient (Wildman–Crippen LogP) is 3.96. The van der Waals surface area contributed by atoms with Gasteiger partial charge in [-0.2, -0.15) is 0 Å². The summed E-state index contributed by atoms with van der Waals surface area (Å²) in [4.78, 5) is 20.4. The van der Waals surface area contributed by atoms with Crippen molar-refractivity contribution in [3.8, 4) is 0 Å². The van der Waals surface area contributed by atoms with Crippen LogP contribution in [0.25, 0.3) is 10.9 Å². The van der Waals surface area contributed by atoms with E-state index < -0.39 is 0 Å². The molecule has 4 nitrogen and oxygen atoms in total. The minimum atomic E-state index is -0.271. The van der Waals surface area contributed by atoms with Crippen LogP contribution in [0.4, 0.5) is 4.39 Å². The third kappa shape index (κ3) is 3.74. The highest BCUT2D eigenvalue weighted by molar-refractivity contribution is 5.94. The topological polar surface area (TPSA) is 39.3 Å². The number of hydrogen-bond acceptors (Lipinski definition) is 2. The Morgan fingerprint density at radius 1 is 1.11 bits per heavy atom. The van der Waals surface area contributed by atoms with Crippen molar-refractivity contribution in [2.24, 2.45) is 0 Å². The van der Waals surface area contributed by atoms with Crippen molar-refractivity contribution in [2.45, 2.75) is 19.9 Å². The quantitative estimate of drug-likeness (QED) is 0.763. The van der Waals surface area contributed by atoms with E-state index in [2.05, 4.69) is 34.1 Å². The SMILES string of the molecule is Cc1cc(C(=O)N2CCCN(Cc3cccc4cc[nH]c34)CC2)ccc1F. The van der Waals surface area contributed by atoms with E-state index in [4.69, 9.17) is 0 Å². The van der Waals surface area contributed by atoms with Crippen molar-refractivity contribution in [2.75, 3.05) is 26.2 Å². The number of nitrogens with one attached hydrogen (secondary N) is 1. The molecule has 1 fully saturated rings. The van der Waals surface area contributed by atoms with Gasteiger partial charge in [0.15, 0.2) is 0 Å². The van der Waals surface area contributed by atoms with Crippen LogP contribution < -0.4 is 0 Å². The number of fused-ring (bicyclic) bond motifs is 1. The summed E-state index contributed by atoms with van der Waals surface area (Å²) in [5.41, 5.74) is 3.55. The Labute approximate surface area is 158 Å². The number of amides is 1. The van der Waals surface area contributed by atoms with Gasteiger partial charge in [-0.3, -0.25) is 9.69 Å². The van der Waals surface area contributed by atoms with Gasteiger partial charge in [-0.1, -0.05) is 18.2 Å². The molecule has 0 aliphatic carbocycles. The van der Waals surface area contributed by atoms with Gasteiger partial charge in [0.1, 0.15) is 5.82 Å². The highest BCUT2D eigenvalue weighted by Crippen LogP contribution is 2.20. The standard InChI is InChI=1S/C22H24FN3O/c1-16-14-18(6-7-20(16)23)22(27)26-11-3-10-25(12-13-26)15-19-5-2-4-17-8-9-24-21(17)19/h2,4-9,14,24H,3,10-13,15H2,1H3. The minimum absolute atomic E-state index is 0.00794. The van der Waals surface area contributed by atoms with E-state index in [-0.39, 0.29) is 11.7 Å². The average molecular weight is 365 g/mol. The first-order chi connectivity index (χ1) is 13.1. The number of carbonyl (C=O) groups is 1. The summed E-state index contributed by atoms with van der Waals surface area (Å²) in [7, 11) is 0. The molecule has 3 aromatic rings. The molecule has 0 bridgehead atoms. The van der Waals surface area contributed by atoms with E-state index in [0.717, 1.165) is 32.6 Å². The van der Waals surface area contributed by atoms with Crippen LogP contribution in [-0.2, 0) is 6.54 Å². The molecule has 2 heterocycles. The van der Waals surface area contributed by atoms with Crippen LogP contribution >= 0.6 is 0 Å². The molecule has 27 heavy (non-hydrogen) atoms. The summed E-state index contributed by atoms with van der Waals surface area (Å²) in [6.45, 7) is 5.79. The van der Waals surface area contributed by atoms with Crippen LogP contribution in [0.5, 0.6) is 0 Å². The van der Waals surface area contributed by atoms with E-state index in [1.54, 1.807) is 19.1 Å². The molecule has 0 radical (unpaired) electrons. The average Bonchev–Trinajstić information content (AvgIpc) is 3.04. The maximum atomic E-state index is 13.5. The fourth-order valence-corrected chi connectivity index (χ4v) is 3.81. The van der Waals surface area contributed by atoms with E-state index in [1.807, 2.05) is 11.1 Å². The number of halogens is 1. The first-order valence-corrected chi connectivity index (χ1v) is 9.44. The highest BCUT2D eigenvalue weighted by atomic mass is 19.1. The second kappa shape index (κ2) is 7.53. The van der Waals surface area contributed by atoms with Crippen LogP contribution in [0, 0.1) is 12.7 Å². The molecule has 1 amide bonds. The first-order valence-electron chi connectivity index (χ1n) is 9.44. The van der Waals surface area contributed by atoms with Gasteiger partial charge in [0, 0.05) is 50.0 Å². The van der Waals surface area contributed by atoms with Crippen LogP contribution in [0.15, 0.2) is 48.7 Å². The van der Waals surface area contributed by atoms with Gasteiger partial charge in [0.2, 0.25) is 0 Å². The number of aromatic nitrogens is 1. The Kier molecular flexibility index (Phi) is 4.94. The molecule has 1 aliphatic heterocycles. The lowest BCUT2D eigenvalue weighted by atomic mass is 10.1. The van der Waals surface area contributed by atoms with Crippen LogP contribution in [0.1, 0.15) is 27.9 Å². The predicted molar refractivity (Wildman–Crippen MR) is 105 cm³/mol. The summed E-state index contributed by atoms with van der Waals surface area (Å²) in [5.74, 6) is -0.279. The van der Waals surface area contributed by atoms with Crippen molar-refractivity contribution in [1.29, 1.82) is 0 Å². The Bertz CT molecular complexity index is 965. The van der Waals surface area contributed by atoms with Crippen molar-refractivity contribution in [3.63, 3.8) is 0 Å². The molecule has 2 aromatic carbocycles. The van der Waals surface area contributed by atoms with E-state index in [9.17, 15) is 9.18 Å². The molecular formula is C22H24FN3O. The third-order valence-corrected chi connectivity index (χ3v) is 5.35. The van der Waals surface area contributed by atoms with Gasteiger partial charge in [0.25, 0.3) is 5.91 Å².